The number of para-hydroxylation sites is 1. The number of hydrogen-bond donors (Lipinski definition) is 1. The van der Waals surface area contributed by atoms with Crippen LogP contribution in [0.4, 0.5) is 0 Å². The topological polar surface area (TPSA) is 33.7 Å². The van der Waals surface area contributed by atoms with E-state index in [4.69, 9.17) is 9.47 Å². The molecule has 0 atom stereocenters. The van der Waals surface area contributed by atoms with Crippen LogP contribution in [-0.4, -0.2) is 51.9 Å². The van der Waals surface area contributed by atoms with Gasteiger partial charge in [0.25, 0.3) is 0 Å². The lowest BCUT2D eigenvalue weighted by atomic mass is 10.2. The number of rotatable bonds is 11. The van der Waals surface area contributed by atoms with Crippen molar-refractivity contribution >= 4 is 0 Å². The predicted octanol–water partition coefficient (Wildman–Crippen LogP) is 2.14. The Morgan fingerprint density at radius 3 is 2.71 bits per heavy atom. The molecule has 21 heavy (non-hydrogen) atoms. The van der Waals surface area contributed by atoms with E-state index in [1.807, 2.05) is 25.2 Å². The van der Waals surface area contributed by atoms with Crippen LogP contribution in [0.2, 0.25) is 0 Å². The highest BCUT2D eigenvalue weighted by atomic mass is 16.5. The molecule has 0 unspecified atom stereocenters. The molecule has 1 aliphatic carbocycles. The number of benzene rings is 1. The SMILES string of the molecule is CNCc1ccccc1OCCN(C)CCOCC1CC1. The molecule has 1 saturated carbocycles. The minimum Gasteiger partial charge on any atom is -0.492 e. The lowest BCUT2D eigenvalue weighted by Crippen LogP contribution is -2.28. The van der Waals surface area contributed by atoms with Gasteiger partial charge in [-0.2, -0.15) is 0 Å². The summed E-state index contributed by atoms with van der Waals surface area (Å²) in [4.78, 5) is 2.26. The van der Waals surface area contributed by atoms with Gasteiger partial charge in [-0.15, -0.1) is 0 Å². The molecule has 4 nitrogen and oxygen atoms in total. The highest BCUT2D eigenvalue weighted by molar-refractivity contribution is 5.33. The van der Waals surface area contributed by atoms with Gasteiger partial charge in [0, 0.05) is 31.8 Å². The Morgan fingerprint density at radius 1 is 1.19 bits per heavy atom. The predicted molar refractivity (Wildman–Crippen MR) is 85.7 cm³/mol. The molecule has 0 aromatic heterocycles. The summed E-state index contributed by atoms with van der Waals surface area (Å²) in [7, 11) is 4.07. The van der Waals surface area contributed by atoms with Gasteiger partial charge in [-0.3, -0.25) is 0 Å². The lowest BCUT2D eigenvalue weighted by molar-refractivity contribution is 0.0991. The van der Waals surface area contributed by atoms with Crippen LogP contribution < -0.4 is 10.1 Å². The van der Waals surface area contributed by atoms with Gasteiger partial charge in [0.15, 0.2) is 0 Å². The van der Waals surface area contributed by atoms with E-state index in [9.17, 15) is 0 Å². The van der Waals surface area contributed by atoms with Gasteiger partial charge in [-0.1, -0.05) is 18.2 Å². The minimum absolute atomic E-state index is 0.708. The quantitative estimate of drug-likeness (QED) is 0.634. The van der Waals surface area contributed by atoms with Gasteiger partial charge in [-0.05, 0) is 38.9 Å². The third-order valence-electron chi connectivity index (χ3n) is 3.74. The van der Waals surface area contributed by atoms with Crippen LogP contribution in [0.25, 0.3) is 0 Å². The first-order valence-corrected chi connectivity index (χ1v) is 7.91. The molecule has 0 aliphatic heterocycles. The summed E-state index contributed by atoms with van der Waals surface area (Å²) in [6.07, 6.45) is 2.71. The Kier molecular flexibility index (Phi) is 7.00. The van der Waals surface area contributed by atoms with Crippen molar-refractivity contribution in [2.45, 2.75) is 19.4 Å². The maximum absolute atomic E-state index is 5.89. The molecular weight excluding hydrogens is 264 g/mol. The van der Waals surface area contributed by atoms with Crippen LogP contribution in [0.3, 0.4) is 0 Å². The summed E-state index contributed by atoms with van der Waals surface area (Å²) in [5.41, 5.74) is 1.20. The highest BCUT2D eigenvalue weighted by Gasteiger charge is 2.20. The van der Waals surface area contributed by atoms with E-state index < -0.39 is 0 Å². The van der Waals surface area contributed by atoms with E-state index in [-0.39, 0.29) is 0 Å². The van der Waals surface area contributed by atoms with E-state index in [1.54, 1.807) is 0 Å². The molecule has 1 N–H and O–H groups in total. The lowest BCUT2D eigenvalue weighted by Gasteiger charge is -2.18. The molecular formula is C17H28N2O2. The molecule has 0 heterocycles. The van der Waals surface area contributed by atoms with Crippen molar-refractivity contribution in [3.63, 3.8) is 0 Å². The van der Waals surface area contributed by atoms with Gasteiger partial charge in [-0.25, -0.2) is 0 Å². The Hall–Kier alpha value is -1.10. The normalized spacial score (nSPS) is 14.6. The highest BCUT2D eigenvalue weighted by Crippen LogP contribution is 2.28. The maximum Gasteiger partial charge on any atom is 0.123 e. The number of likely N-dealkylation sites (N-methyl/N-ethyl adjacent to an activating group) is 1. The zero-order chi connectivity index (χ0) is 14.9. The van der Waals surface area contributed by atoms with Gasteiger partial charge < -0.3 is 19.7 Å². The summed E-state index contributed by atoms with van der Waals surface area (Å²) >= 11 is 0. The maximum atomic E-state index is 5.89. The molecule has 1 fully saturated rings. The number of hydrogen-bond acceptors (Lipinski definition) is 4. The first-order valence-electron chi connectivity index (χ1n) is 7.91. The van der Waals surface area contributed by atoms with Gasteiger partial charge in [0.1, 0.15) is 12.4 Å². The average molecular weight is 292 g/mol. The van der Waals surface area contributed by atoms with Crippen LogP contribution in [0.15, 0.2) is 24.3 Å². The van der Waals surface area contributed by atoms with Crippen LogP contribution in [0.1, 0.15) is 18.4 Å². The Balaban J connectivity index is 1.59. The van der Waals surface area contributed by atoms with E-state index in [2.05, 4.69) is 23.3 Å². The molecule has 0 saturated heterocycles. The van der Waals surface area contributed by atoms with Gasteiger partial charge in [0.2, 0.25) is 0 Å². The van der Waals surface area contributed by atoms with Crippen molar-refractivity contribution in [3.8, 4) is 5.75 Å². The third-order valence-corrected chi connectivity index (χ3v) is 3.74. The largest absolute Gasteiger partial charge is 0.492 e. The number of nitrogens with one attached hydrogen (secondary N) is 1. The summed E-state index contributed by atoms with van der Waals surface area (Å²) in [6, 6.07) is 8.19. The summed E-state index contributed by atoms with van der Waals surface area (Å²) in [6.45, 7) is 5.20. The monoisotopic (exact) mass is 292 g/mol. The summed E-state index contributed by atoms with van der Waals surface area (Å²) in [5, 5.41) is 3.17. The summed E-state index contributed by atoms with van der Waals surface area (Å²) < 4.78 is 11.5. The molecule has 0 radical (unpaired) electrons. The molecule has 4 heteroatoms. The van der Waals surface area contributed by atoms with Crippen molar-refractivity contribution in [3.05, 3.63) is 29.8 Å². The number of ether oxygens (including phenoxy) is 2. The van der Waals surface area contributed by atoms with E-state index in [0.717, 1.165) is 44.5 Å². The van der Waals surface area contributed by atoms with Crippen LogP contribution in [-0.2, 0) is 11.3 Å². The first kappa shape index (κ1) is 16.3. The van der Waals surface area contributed by atoms with Crippen molar-refractivity contribution in [2.75, 3.05) is 47.0 Å². The van der Waals surface area contributed by atoms with Crippen LogP contribution in [0.5, 0.6) is 5.75 Å². The second kappa shape index (κ2) is 9.03. The first-order chi connectivity index (χ1) is 10.3. The second-order valence-electron chi connectivity index (χ2n) is 5.81. The molecule has 2 rings (SSSR count). The van der Waals surface area contributed by atoms with Crippen molar-refractivity contribution < 1.29 is 9.47 Å². The van der Waals surface area contributed by atoms with Gasteiger partial charge in [0.05, 0.1) is 6.61 Å². The molecule has 1 aromatic rings. The standard InChI is InChI=1S/C17H28N2O2/c1-18-13-16-5-3-4-6-17(16)21-12-10-19(2)9-11-20-14-15-7-8-15/h3-6,15,18H,7-14H2,1-2H3. The summed E-state index contributed by atoms with van der Waals surface area (Å²) in [5.74, 6) is 1.83. The Labute approximate surface area is 128 Å². The molecule has 0 bridgehead atoms. The zero-order valence-electron chi connectivity index (χ0n) is 13.3. The van der Waals surface area contributed by atoms with Crippen LogP contribution >= 0.6 is 0 Å². The van der Waals surface area contributed by atoms with Gasteiger partial charge >= 0.3 is 0 Å². The molecule has 1 aromatic carbocycles. The molecule has 0 spiro atoms. The smallest absolute Gasteiger partial charge is 0.123 e. The van der Waals surface area contributed by atoms with Crippen LogP contribution in [0, 0.1) is 5.92 Å². The fourth-order valence-corrected chi connectivity index (χ4v) is 2.16. The fourth-order valence-electron chi connectivity index (χ4n) is 2.16. The zero-order valence-corrected chi connectivity index (χ0v) is 13.3. The Bertz CT molecular complexity index is 408. The molecule has 0 amide bonds. The number of nitrogens with zero attached hydrogens (tertiary/aromatic N) is 1. The van der Waals surface area contributed by atoms with Crippen molar-refractivity contribution in [1.29, 1.82) is 0 Å². The third kappa shape index (κ3) is 6.46. The van der Waals surface area contributed by atoms with Crippen molar-refractivity contribution in [1.82, 2.24) is 10.2 Å². The average Bonchev–Trinajstić information content (AvgIpc) is 3.30. The fraction of sp³-hybridized carbons (Fsp3) is 0.647. The Morgan fingerprint density at radius 2 is 1.95 bits per heavy atom. The molecule has 118 valence electrons. The second-order valence-corrected chi connectivity index (χ2v) is 5.81. The van der Waals surface area contributed by atoms with E-state index in [0.29, 0.717) is 6.61 Å². The van der Waals surface area contributed by atoms with E-state index in [1.165, 1.54) is 18.4 Å². The van der Waals surface area contributed by atoms with Crippen molar-refractivity contribution in [2.24, 2.45) is 5.92 Å². The molecule has 1 aliphatic rings. The minimum atomic E-state index is 0.708. The van der Waals surface area contributed by atoms with E-state index >= 15 is 0 Å².